The number of carbonyl (C=O) groups is 1. The number of halogens is 1. The van der Waals surface area contributed by atoms with E-state index in [0.717, 1.165) is 11.1 Å². The maximum atomic E-state index is 12.6. The van der Waals surface area contributed by atoms with Crippen molar-refractivity contribution in [1.29, 1.82) is 0 Å². The van der Waals surface area contributed by atoms with Crippen LogP contribution in [-0.4, -0.2) is 23.3 Å². The summed E-state index contributed by atoms with van der Waals surface area (Å²) in [5.74, 6) is -0.326. The molecule has 0 bridgehead atoms. The summed E-state index contributed by atoms with van der Waals surface area (Å²) >= 11 is 5.88. The Bertz CT molecular complexity index is 593. The van der Waals surface area contributed by atoms with Crippen LogP contribution >= 0.6 is 11.6 Å². The summed E-state index contributed by atoms with van der Waals surface area (Å²) < 4.78 is 5.54. The van der Waals surface area contributed by atoms with Crippen molar-refractivity contribution in [2.24, 2.45) is 4.99 Å². The predicted molar refractivity (Wildman–Crippen MR) is 97.3 cm³/mol. The van der Waals surface area contributed by atoms with Crippen molar-refractivity contribution in [2.75, 3.05) is 0 Å². The second-order valence-electron chi connectivity index (χ2n) is 7.07. The number of nitrogens with zero attached hydrogens (tertiary/aromatic N) is 1. The minimum Gasteiger partial charge on any atom is -0.458 e. The number of carbonyl (C=O) groups excluding carboxylic acids is 1. The Morgan fingerprint density at radius 3 is 2.22 bits per heavy atom. The zero-order valence-electron chi connectivity index (χ0n) is 14.8. The quantitative estimate of drug-likeness (QED) is 0.420. The number of rotatable bonds is 5. The van der Waals surface area contributed by atoms with Crippen LogP contribution in [0.5, 0.6) is 0 Å². The highest BCUT2D eigenvalue weighted by atomic mass is 35.5. The van der Waals surface area contributed by atoms with Gasteiger partial charge in [-0.05, 0) is 59.2 Å². The molecule has 126 valence electrons. The maximum absolute atomic E-state index is 12.6. The Morgan fingerprint density at radius 1 is 1.17 bits per heavy atom. The first-order valence-electron chi connectivity index (χ1n) is 7.69. The van der Waals surface area contributed by atoms with Gasteiger partial charge in [0.05, 0.1) is 0 Å². The molecule has 1 rings (SSSR count). The molecule has 1 aromatic carbocycles. The fraction of sp³-hybridized carbons (Fsp3) is 0.474. The molecule has 0 unspecified atom stereocenters. The standard InChI is InChI=1S/C19H26ClNO2/c1-14(2)11-12-19(6,17(22)23-18(3,4)5)21-13-15-7-9-16(20)10-8-15/h7-11,13H,12H2,1-6H3/b21-13+/t19-/m1/s1. The summed E-state index contributed by atoms with van der Waals surface area (Å²) in [6, 6.07) is 7.32. The molecule has 0 aliphatic carbocycles. The third-order valence-electron chi connectivity index (χ3n) is 3.11. The zero-order chi connectivity index (χ0) is 17.7. The molecule has 23 heavy (non-hydrogen) atoms. The third-order valence-corrected chi connectivity index (χ3v) is 3.37. The molecule has 0 N–H and O–H groups in total. The van der Waals surface area contributed by atoms with Crippen LogP contribution < -0.4 is 0 Å². The van der Waals surface area contributed by atoms with E-state index in [0.29, 0.717) is 11.4 Å². The molecule has 0 saturated carbocycles. The first-order valence-corrected chi connectivity index (χ1v) is 8.07. The van der Waals surface area contributed by atoms with Gasteiger partial charge in [0.1, 0.15) is 5.60 Å². The predicted octanol–water partition coefficient (Wildman–Crippen LogP) is 5.22. The average Bonchev–Trinajstić information content (AvgIpc) is 2.42. The second kappa shape index (κ2) is 7.78. The van der Waals surface area contributed by atoms with Crippen LogP contribution in [0, 0.1) is 0 Å². The minimum absolute atomic E-state index is 0.326. The van der Waals surface area contributed by atoms with E-state index in [4.69, 9.17) is 16.3 Å². The number of aliphatic imine (C=N–C) groups is 1. The van der Waals surface area contributed by atoms with Gasteiger partial charge in [-0.3, -0.25) is 4.99 Å². The molecule has 0 aromatic heterocycles. The molecule has 0 saturated heterocycles. The largest absolute Gasteiger partial charge is 0.458 e. The van der Waals surface area contributed by atoms with Gasteiger partial charge in [0, 0.05) is 17.7 Å². The van der Waals surface area contributed by atoms with Crippen molar-refractivity contribution >= 4 is 23.8 Å². The van der Waals surface area contributed by atoms with Gasteiger partial charge < -0.3 is 4.74 Å². The summed E-state index contributed by atoms with van der Waals surface area (Å²) in [5.41, 5.74) is 0.534. The number of ether oxygens (including phenoxy) is 1. The number of benzene rings is 1. The van der Waals surface area contributed by atoms with E-state index < -0.39 is 11.1 Å². The van der Waals surface area contributed by atoms with Gasteiger partial charge in [-0.15, -0.1) is 0 Å². The van der Waals surface area contributed by atoms with Gasteiger partial charge in [0.15, 0.2) is 5.54 Å². The topological polar surface area (TPSA) is 38.7 Å². The van der Waals surface area contributed by atoms with Crippen molar-refractivity contribution in [3.8, 4) is 0 Å². The zero-order valence-corrected chi connectivity index (χ0v) is 15.6. The summed E-state index contributed by atoms with van der Waals surface area (Å²) in [6.45, 7) is 11.4. The van der Waals surface area contributed by atoms with E-state index in [-0.39, 0.29) is 5.97 Å². The molecule has 0 spiro atoms. The second-order valence-corrected chi connectivity index (χ2v) is 7.51. The molecule has 3 nitrogen and oxygen atoms in total. The monoisotopic (exact) mass is 335 g/mol. The van der Waals surface area contributed by atoms with E-state index in [1.807, 2.05) is 52.8 Å². The van der Waals surface area contributed by atoms with Crippen LogP contribution in [-0.2, 0) is 9.53 Å². The van der Waals surface area contributed by atoms with Crippen LogP contribution in [0.3, 0.4) is 0 Å². The van der Waals surface area contributed by atoms with Gasteiger partial charge in [-0.25, -0.2) is 4.79 Å². The molecule has 1 atom stereocenters. The highest BCUT2D eigenvalue weighted by Gasteiger charge is 2.35. The van der Waals surface area contributed by atoms with Crippen LogP contribution in [0.2, 0.25) is 5.02 Å². The molecule has 0 amide bonds. The van der Waals surface area contributed by atoms with Gasteiger partial charge in [0.25, 0.3) is 0 Å². The fourth-order valence-corrected chi connectivity index (χ4v) is 1.87. The van der Waals surface area contributed by atoms with Gasteiger partial charge in [-0.2, -0.15) is 0 Å². The normalized spacial score (nSPS) is 14.4. The summed E-state index contributed by atoms with van der Waals surface area (Å²) in [6.07, 6.45) is 4.19. The molecule has 4 heteroatoms. The van der Waals surface area contributed by atoms with Gasteiger partial charge in [-0.1, -0.05) is 35.4 Å². The molecule has 0 aliphatic rings. The lowest BCUT2D eigenvalue weighted by atomic mass is 9.96. The molecule has 0 radical (unpaired) electrons. The van der Waals surface area contributed by atoms with Crippen molar-refractivity contribution in [1.82, 2.24) is 0 Å². The lowest BCUT2D eigenvalue weighted by molar-refractivity contribution is -0.160. The molecule has 0 fully saturated rings. The Morgan fingerprint density at radius 2 is 1.74 bits per heavy atom. The molecule has 1 aromatic rings. The average molecular weight is 336 g/mol. The lowest BCUT2D eigenvalue weighted by Gasteiger charge is -2.28. The number of hydrogen-bond acceptors (Lipinski definition) is 3. The van der Waals surface area contributed by atoms with Crippen molar-refractivity contribution in [3.05, 3.63) is 46.5 Å². The van der Waals surface area contributed by atoms with Gasteiger partial charge in [0.2, 0.25) is 0 Å². The highest BCUT2D eigenvalue weighted by molar-refractivity contribution is 6.30. The molecular weight excluding hydrogens is 310 g/mol. The first kappa shape index (κ1) is 19.4. The van der Waals surface area contributed by atoms with E-state index in [9.17, 15) is 4.79 Å². The Kier molecular flexibility index (Phi) is 6.57. The van der Waals surface area contributed by atoms with Crippen LogP contribution in [0.25, 0.3) is 0 Å². The smallest absolute Gasteiger partial charge is 0.334 e. The van der Waals surface area contributed by atoms with E-state index in [1.54, 1.807) is 25.3 Å². The molecule has 0 heterocycles. The van der Waals surface area contributed by atoms with Crippen molar-refractivity contribution in [2.45, 2.75) is 59.1 Å². The van der Waals surface area contributed by atoms with Gasteiger partial charge >= 0.3 is 5.97 Å². The molecule has 0 aliphatic heterocycles. The van der Waals surface area contributed by atoms with Crippen LogP contribution in [0.15, 0.2) is 40.9 Å². The van der Waals surface area contributed by atoms with E-state index in [1.165, 1.54) is 0 Å². The highest BCUT2D eigenvalue weighted by Crippen LogP contribution is 2.23. The van der Waals surface area contributed by atoms with E-state index in [2.05, 4.69) is 4.99 Å². The third kappa shape index (κ3) is 7.00. The minimum atomic E-state index is -0.954. The Balaban J connectivity index is 3.05. The van der Waals surface area contributed by atoms with Crippen molar-refractivity contribution in [3.63, 3.8) is 0 Å². The number of allylic oxidation sites excluding steroid dienone is 1. The summed E-state index contributed by atoms with van der Waals surface area (Å²) in [4.78, 5) is 17.1. The van der Waals surface area contributed by atoms with Crippen molar-refractivity contribution < 1.29 is 9.53 Å². The SMILES string of the molecule is CC(C)=CC[C@@](C)(/N=C/c1ccc(Cl)cc1)C(=O)OC(C)(C)C. The van der Waals surface area contributed by atoms with Crippen LogP contribution in [0.4, 0.5) is 0 Å². The number of hydrogen-bond donors (Lipinski definition) is 0. The summed E-state index contributed by atoms with van der Waals surface area (Å²) in [5, 5.41) is 0.668. The fourth-order valence-electron chi connectivity index (χ4n) is 1.75. The lowest BCUT2D eigenvalue weighted by Crippen LogP contribution is -2.39. The van der Waals surface area contributed by atoms with E-state index >= 15 is 0 Å². The number of esters is 1. The van der Waals surface area contributed by atoms with Crippen LogP contribution in [0.1, 0.15) is 53.5 Å². The molecular formula is C19H26ClNO2. The summed E-state index contributed by atoms with van der Waals surface area (Å²) in [7, 11) is 0. The first-order chi connectivity index (χ1) is 10.5. The Hall–Kier alpha value is -1.61. The Labute approximate surface area is 144 Å². The maximum Gasteiger partial charge on any atom is 0.334 e.